The standard InChI is InChI=1S/C15H15N5OS/c1-9-6-7-16-15-18-13(19-20(9)15)14(21)17-12(10-4-5-10)11-3-2-8-22-11/h2-3,6-8,10,12H,4-5H2,1H3,(H,17,21)/t12-/m1/s1. The zero-order valence-corrected chi connectivity index (χ0v) is 12.9. The molecule has 3 heterocycles. The van der Waals surface area contributed by atoms with Crippen molar-refractivity contribution >= 4 is 23.0 Å². The van der Waals surface area contributed by atoms with Crippen molar-refractivity contribution in [3.8, 4) is 0 Å². The molecular weight excluding hydrogens is 298 g/mol. The first-order valence-electron chi connectivity index (χ1n) is 7.25. The highest BCUT2D eigenvalue weighted by molar-refractivity contribution is 7.10. The summed E-state index contributed by atoms with van der Waals surface area (Å²) >= 11 is 1.67. The van der Waals surface area contributed by atoms with E-state index in [1.165, 1.54) is 4.88 Å². The Hall–Kier alpha value is -2.28. The van der Waals surface area contributed by atoms with Crippen LogP contribution in [-0.4, -0.2) is 25.5 Å². The van der Waals surface area contributed by atoms with Gasteiger partial charge in [-0.05, 0) is 43.2 Å². The first kappa shape index (κ1) is 13.4. The topological polar surface area (TPSA) is 72.2 Å². The van der Waals surface area contributed by atoms with Crippen molar-refractivity contribution in [3.63, 3.8) is 0 Å². The van der Waals surface area contributed by atoms with Crippen molar-refractivity contribution in [2.45, 2.75) is 25.8 Å². The van der Waals surface area contributed by atoms with Gasteiger partial charge < -0.3 is 5.32 Å². The van der Waals surface area contributed by atoms with Gasteiger partial charge in [-0.3, -0.25) is 4.79 Å². The minimum atomic E-state index is -0.241. The highest BCUT2D eigenvalue weighted by Crippen LogP contribution is 2.42. The van der Waals surface area contributed by atoms with Crippen LogP contribution in [0.2, 0.25) is 0 Å². The molecule has 0 aliphatic heterocycles. The molecule has 3 aromatic rings. The van der Waals surface area contributed by atoms with E-state index < -0.39 is 0 Å². The maximum Gasteiger partial charge on any atom is 0.291 e. The van der Waals surface area contributed by atoms with E-state index in [9.17, 15) is 4.79 Å². The smallest absolute Gasteiger partial charge is 0.291 e. The van der Waals surface area contributed by atoms with Crippen molar-refractivity contribution in [2.75, 3.05) is 0 Å². The normalized spacial score (nSPS) is 15.9. The SMILES string of the molecule is Cc1ccnc2nc(C(=O)N[C@@H](c3cccs3)C3CC3)nn12. The molecule has 7 heteroatoms. The molecule has 0 aromatic carbocycles. The minimum absolute atomic E-state index is 0.0631. The third-order valence-corrected chi connectivity index (χ3v) is 4.82. The number of nitrogens with zero attached hydrogens (tertiary/aromatic N) is 4. The van der Waals surface area contributed by atoms with Crippen LogP contribution in [0, 0.1) is 12.8 Å². The molecule has 1 saturated carbocycles. The number of carbonyl (C=O) groups is 1. The first-order chi connectivity index (χ1) is 10.7. The molecule has 6 nitrogen and oxygen atoms in total. The second kappa shape index (κ2) is 5.17. The number of carbonyl (C=O) groups excluding carboxylic acids is 1. The molecule has 1 N–H and O–H groups in total. The summed E-state index contributed by atoms with van der Waals surface area (Å²) < 4.78 is 1.59. The van der Waals surface area contributed by atoms with E-state index in [2.05, 4.69) is 26.4 Å². The van der Waals surface area contributed by atoms with E-state index in [1.54, 1.807) is 22.0 Å². The van der Waals surface area contributed by atoms with Crippen LogP contribution >= 0.6 is 11.3 Å². The molecule has 1 fully saturated rings. The number of fused-ring (bicyclic) bond motifs is 1. The van der Waals surface area contributed by atoms with Crippen LogP contribution < -0.4 is 5.32 Å². The molecule has 1 aliphatic rings. The fourth-order valence-corrected chi connectivity index (χ4v) is 3.40. The monoisotopic (exact) mass is 313 g/mol. The highest BCUT2D eigenvalue weighted by atomic mass is 32.1. The average Bonchev–Trinajstić information content (AvgIpc) is 3.02. The maximum absolute atomic E-state index is 12.5. The zero-order chi connectivity index (χ0) is 15.1. The largest absolute Gasteiger partial charge is 0.341 e. The predicted molar refractivity (Wildman–Crippen MR) is 82.8 cm³/mol. The molecule has 0 radical (unpaired) electrons. The summed E-state index contributed by atoms with van der Waals surface area (Å²) in [6.45, 7) is 1.91. The molecule has 0 bridgehead atoms. The third kappa shape index (κ3) is 2.37. The fourth-order valence-electron chi connectivity index (χ4n) is 2.53. The van der Waals surface area contributed by atoms with E-state index in [1.807, 2.05) is 24.4 Å². The number of thiophene rings is 1. The number of hydrogen-bond donors (Lipinski definition) is 1. The van der Waals surface area contributed by atoms with Crippen molar-refractivity contribution < 1.29 is 4.79 Å². The number of aryl methyl sites for hydroxylation is 1. The van der Waals surface area contributed by atoms with Gasteiger partial charge in [0, 0.05) is 16.8 Å². The Labute approximate surface area is 131 Å². The molecule has 112 valence electrons. The zero-order valence-electron chi connectivity index (χ0n) is 12.1. The average molecular weight is 313 g/mol. The van der Waals surface area contributed by atoms with Crippen molar-refractivity contribution in [2.24, 2.45) is 5.92 Å². The van der Waals surface area contributed by atoms with E-state index in [0.717, 1.165) is 18.5 Å². The van der Waals surface area contributed by atoms with Gasteiger partial charge in [0.15, 0.2) is 0 Å². The predicted octanol–water partition coefficient (Wildman–Crippen LogP) is 2.38. The lowest BCUT2D eigenvalue weighted by molar-refractivity contribution is 0.0922. The Balaban J connectivity index is 1.61. The van der Waals surface area contributed by atoms with Gasteiger partial charge in [-0.25, -0.2) is 9.50 Å². The maximum atomic E-state index is 12.5. The molecule has 1 aliphatic carbocycles. The van der Waals surface area contributed by atoms with Gasteiger partial charge in [-0.1, -0.05) is 6.07 Å². The molecule has 3 aromatic heterocycles. The summed E-state index contributed by atoms with van der Waals surface area (Å²) in [4.78, 5) is 22.0. The van der Waals surface area contributed by atoms with Gasteiger partial charge in [0.1, 0.15) is 0 Å². The number of hydrogen-bond acceptors (Lipinski definition) is 5. The van der Waals surface area contributed by atoms with Crippen molar-refractivity contribution in [1.29, 1.82) is 0 Å². The Morgan fingerprint density at radius 1 is 1.45 bits per heavy atom. The van der Waals surface area contributed by atoms with Crippen LogP contribution in [0.4, 0.5) is 0 Å². The third-order valence-electron chi connectivity index (χ3n) is 3.86. The highest BCUT2D eigenvalue weighted by Gasteiger charge is 2.34. The number of rotatable bonds is 4. The lowest BCUT2D eigenvalue weighted by Gasteiger charge is -2.15. The van der Waals surface area contributed by atoms with E-state index in [4.69, 9.17) is 0 Å². The lowest BCUT2D eigenvalue weighted by Crippen LogP contribution is -2.30. The summed E-state index contributed by atoms with van der Waals surface area (Å²) in [6.07, 6.45) is 3.98. The Morgan fingerprint density at radius 2 is 2.32 bits per heavy atom. The molecule has 1 amide bonds. The van der Waals surface area contributed by atoms with Crippen LogP contribution in [0.25, 0.3) is 5.78 Å². The summed E-state index contributed by atoms with van der Waals surface area (Å²) in [5, 5.41) is 9.38. The van der Waals surface area contributed by atoms with E-state index in [0.29, 0.717) is 11.7 Å². The Morgan fingerprint density at radius 3 is 3.00 bits per heavy atom. The van der Waals surface area contributed by atoms with Gasteiger partial charge >= 0.3 is 0 Å². The van der Waals surface area contributed by atoms with Crippen LogP contribution in [-0.2, 0) is 0 Å². The number of amides is 1. The lowest BCUT2D eigenvalue weighted by atomic mass is 10.1. The van der Waals surface area contributed by atoms with Crippen LogP contribution in [0.1, 0.15) is 40.1 Å². The summed E-state index contributed by atoms with van der Waals surface area (Å²) in [7, 11) is 0. The van der Waals surface area contributed by atoms with Crippen molar-refractivity contribution in [1.82, 2.24) is 24.9 Å². The molecule has 22 heavy (non-hydrogen) atoms. The second-order valence-electron chi connectivity index (χ2n) is 5.54. The summed E-state index contributed by atoms with van der Waals surface area (Å²) in [6, 6.07) is 5.98. The summed E-state index contributed by atoms with van der Waals surface area (Å²) in [5.41, 5.74) is 0.897. The number of aromatic nitrogens is 4. The Bertz CT molecular complexity index is 822. The van der Waals surface area contributed by atoms with Crippen LogP contribution in [0.15, 0.2) is 29.8 Å². The Kier molecular flexibility index (Phi) is 3.15. The second-order valence-corrected chi connectivity index (χ2v) is 6.52. The molecule has 0 saturated heterocycles. The molecule has 0 unspecified atom stereocenters. The minimum Gasteiger partial charge on any atom is -0.341 e. The van der Waals surface area contributed by atoms with Crippen LogP contribution in [0.5, 0.6) is 0 Å². The van der Waals surface area contributed by atoms with Gasteiger partial charge in [-0.2, -0.15) is 4.98 Å². The van der Waals surface area contributed by atoms with Gasteiger partial charge in [0.25, 0.3) is 11.7 Å². The van der Waals surface area contributed by atoms with Gasteiger partial charge in [0.2, 0.25) is 5.82 Å². The molecule has 0 spiro atoms. The number of nitrogens with one attached hydrogen (secondary N) is 1. The van der Waals surface area contributed by atoms with E-state index in [-0.39, 0.29) is 17.8 Å². The van der Waals surface area contributed by atoms with Crippen molar-refractivity contribution in [3.05, 3.63) is 46.2 Å². The summed E-state index contributed by atoms with van der Waals surface area (Å²) in [5.74, 6) is 0.906. The van der Waals surface area contributed by atoms with Crippen LogP contribution in [0.3, 0.4) is 0 Å². The fraction of sp³-hybridized carbons (Fsp3) is 0.333. The molecule has 4 rings (SSSR count). The van der Waals surface area contributed by atoms with Gasteiger partial charge in [-0.15, -0.1) is 16.4 Å². The molecule has 1 atom stereocenters. The first-order valence-corrected chi connectivity index (χ1v) is 8.13. The van der Waals surface area contributed by atoms with E-state index >= 15 is 0 Å². The molecular formula is C15H15N5OS. The quantitative estimate of drug-likeness (QED) is 0.802. The van der Waals surface area contributed by atoms with Gasteiger partial charge in [0.05, 0.1) is 6.04 Å².